The second kappa shape index (κ2) is 6.76. The average molecular weight is 248 g/mol. The first-order valence-corrected chi connectivity index (χ1v) is 6.91. The van der Waals surface area contributed by atoms with Gasteiger partial charge in [0.15, 0.2) is 0 Å². The Morgan fingerprint density at radius 1 is 1.44 bits per heavy atom. The molecule has 2 rings (SSSR count). The Balaban J connectivity index is 1.64. The highest BCUT2D eigenvalue weighted by Crippen LogP contribution is 2.13. The number of nitrogens with zero attached hydrogens (tertiary/aromatic N) is 1. The molecule has 1 aliphatic heterocycles. The zero-order chi connectivity index (χ0) is 12.8. The zero-order valence-electron chi connectivity index (χ0n) is 11.3. The molecule has 0 aliphatic carbocycles. The van der Waals surface area contributed by atoms with Crippen molar-refractivity contribution in [2.24, 2.45) is 5.73 Å². The second-order valence-corrected chi connectivity index (χ2v) is 5.22. The van der Waals surface area contributed by atoms with E-state index in [9.17, 15) is 0 Å². The van der Waals surface area contributed by atoms with Gasteiger partial charge in [-0.15, -0.1) is 0 Å². The van der Waals surface area contributed by atoms with Crippen LogP contribution in [0.25, 0.3) is 0 Å². The van der Waals surface area contributed by atoms with E-state index < -0.39 is 0 Å². The lowest BCUT2D eigenvalue weighted by molar-refractivity contribution is 0.190. The van der Waals surface area contributed by atoms with Crippen molar-refractivity contribution in [3.8, 4) is 5.75 Å². The summed E-state index contributed by atoms with van der Waals surface area (Å²) in [5, 5.41) is 0. The molecule has 1 aromatic rings. The minimum Gasteiger partial charge on any atom is -0.494 e. The predicted molar refractivity (Wildman–Crippen MR) is 74.9 cm³/mol. The summed E-state index contributed by atoms with van der Waals surface area (Å²) in [4.78, 5) is 2.45. The number of piperidine rings is 1. The Labute approximate surface area is 110 Å². The summed E-state index contributed by atoms with van der Waals surface area (Å²) in [7, 11) is 0. The summed E-state index contributed by atoms with van der Waals surface area (Å²) in [5.74, 6) is 0.977. The molecule has 0 spiro atoms. The molecule has 3 heteroatoms. The number of likely N-dealkylation sites (tertiary alicyclic amines) is 1. The summed E-state index contributed by atoms with van der Waals surface area (Å²) >= 11 is 0. The first kappa shape index (κ1) is 13.4. The quantitative estimate of drug-likeness (QED) is 0.812. The normalized spacial score (nSPS) is 20.9. The van der Waals surface area contributed by atoms with Crippen molar-refractivity contribution in [3.05, 3.63) is 29.8 Å². The van der Waals surface area contributed by atoms with Crippen molar-refractivity contribution >= 4 is 0 Å². The molecular formula is C15H24N2O. The molecule has 0 amide bonds. The third kappa shape index (κ3) is 4.31. The van der Waals surface area contributed by atoms with Crippen LogP contribution in [0, 0.1) is 6.92 Å². The van der Waals surface area contributed by atoms with E-state index in [2.05, 4.69) is 24.0 Å². The van der Waals surface area contributed by atoms with Gasteiger partial charge in [-0.05, 0) is 50.4 Å². The van der Waals surface area contributed by atoms with Crippen molar-refractivity contribution in [2.45, 2.75) is 32.2 Å². The summed E-state index contributed by atoms with van der Waals surface area (Å²) in [6, 6.07) is 8.59. The molecule has 1 fully saturated rings. The van der Waals surface area contributed by atoms with Crippen molar-refractivity contribution in [3.63, 3.8) is 0 Å². The minimum atomic E-state index is 0.372. The maximum atomic E-state index is 5.96. The molecule has 1 aliphatic rings. The molecule has 1 aromatic carbocycles. The maximum Gasteiger partial charge on any atom is 0.119 e. The van der Waals surface area contributed by atoms with E-state index in [0.29, 0.717) is 6.04 Å². The highest BCUT2D eigenvalue weighted by Gasteiger charge is 2.15. The Hall–Kier alpha value is -1.06. The van der Waals surface area contributed by atoms with Gasteiger partial charge in [-0.2, -0.15) is 0 Å². The molecule has 1 atom stereocenters. The van der Waals surface area contributed by atoms with E-state index in [1.165, 1.54) is 24.9 Å². The van der Waals surface area contributed by atoms with Crippen LogP contribution < -0.4 is 10.5 Å². The van der Waals surface area contributed by atoms with Gasteiger partial charge in [0.05, 0.1) is 6.61 Å². The molecule has 0 bridgehead atoms. The predicted octanol–water partition coefficient (Wildman–Crippen LogP) is 2.19. The molecule has 18 heavy (non-hydrogen) atoms. The third-order valence-corrected chi connectivity index (χ3v) is 3.42. The lowest BCUT2D eigenvalue weighted by Crippen LogP contribution is -2.43. The summed E-state index contributed by atoms with van der Waals surface area (Å²) in [6.45, 7) is 6.21. The van der Waals surface area contributed by atoms with Crippen LogP contribution in [-0.2, 0) is 0 Å². The fraction of sp³-hybridized carbons (Fsp3) is 0.600. The third-order valence-electron chi connectivity index (χ3n) is 3.42. The Kier molecular flexibility index (Phi) is 5.02. The fourth-order valence-electron chi connectivity index (χ4n) is 2.48. The largest absolute Gasteiger partial charge is 0.494 e. The monoisotopic (exact) mass is 248 g/mol. The van der Waals surface area contributed by atoms with Gasteiger partial charge >= 0.3 is 0 Å². The van der Waals surface area contributed by atoms with Gasteiger partial charge in [-0.1, -0.05) is 12.1 Å². The van der Waals surface area contributed by atoms with Gasteiger partial charge in [0.2, 0.25) is 0 Å². The summed E-state index contributed by atoms with van der Waals surface area (Å²) < 4.78 is 5.75. The first-order chi connectivity index (χ1) is 8.74. The van der Waals surface area contributed by atoms with Crippen LogP contribution in [0.15, 0.2) is 24.3 Å². The zero-order valence-corrected chi connectivity index (χ0v) is 11.3. The van der Waals surface area contributed by atoms with Gasteiger partial charge in [0.25, 0.3) is 0 Å². The average Bonchev–Trinajstić information content (AvgIpc) is 2.35. The van der Waals surface area contributed by atoms with E-state index in [1.54, 1.807) is 0 Å². The van der Waals surface area contributed by atoms with Crippen LogP contribution >= 0.6 is 0 Å². The molecule has 3 nitrogen and oxygen atoms in total. The van der Waals surface area contributed by atoms with Crippen molar-refractivity contribution in [2.75, 3.05) is 26.2 Å². The topological polar surface area (TPSA) is 38.5 Å². The van der Waals surface area contributed by atoms with Crippen molar-refractivity contribution in [1.82, 2.24) is 4.90 Å². The highest BCUT2D eigenvalue weighted by molar-refractivity contribution is 5.27. The second-order valence-electron chi connectivity index (χ2n) is 5.22. The number of aryl methyl sites for hydroxylation is 1. The van der Waals surface area contributed by atoms with Crippen LogP contribution in [0.1, 0.15) is 24.8 Å². The SMILES string of the molecule is Cc1cccc(OCCCN2CCCC(N)C2)c1. The first-order valence-electron chi connectivity index (χ1n) is 6.91. The van der Waals surface area contributed by atoms with E-state index in [4.69, 9.17) is 10.5 Å². The molecule has 1 saturated heterocycles. The van der Waals surface area contributed by atoms with E-state index in [0.717, 1.165) is 31.9 Å². The summed E-state index contributed by atoms with van der Waals surface area (Å²) in [5.41, 5.74) is 7.21. The highest BCUT2D eigenvalue weighted by atomic mass is 16.5. The number of hydrogen-bond donors (Lipinski definition) is 1. The van der Waals surface area contributed by atoms with Crippen LogP contribution in [0.4, 0.5) is 0 Å². The molecule has 0 radical (unpaired) electrons. The Morgan fingerprint density at radius 2 is 2.33 bits per heavy atom. The molecule has 2 N–H and O–H groups in total. The number of hydrogen-bond acceptors (Lipinski definition) is 3. The minimum absolute atomic E-state index is 0.372. The van der Waals surface area contributed by atoms with Crippen LogP contribution in [0.3, 0.4) is 0 Å². The van der Waals surface area contributed by atoms with Crippen LogP contribution in [0.2, 0.25) is 0 Å². The smallest absolute Gasteiger partial charge is 0.119 e. The van der Waals surface area contributed by atoms with E-state index >= 15 is 0 Å². The van der Waals surface area contributed by atoms with Gasteiger partial charge in [-0.25, -0.2) is 0 Å². The lowest BCUT2D eigenvalue weighted by atomic mass is 10.1. The molecule has 1 heterocycles. The number of rotatable bonds is 5. The Morgan fingerprint density at radius 3 is 3.11 bits per heavy atom. The van der Waals surface area contributed by atoms with E-state index in [1.807, 2.05) is 12.1 Å². The number of nitrogens with two attached hydrogens (primary N) is 1. The summed E-state index contributed by atoms with van der Waals surface area (Å²) in [6.07, 6.45) is 3.48. The van der Waals surface area contributed by atoms with Crippen LogP contribution in [0.5, 0.6) is 5.75 Å². The van der Waals surface area contributed by atoms with Gasteiger partial charge in [0.1, 0.15) is 5.75 Å². The number of benzene rings is 1. The molecular weight excluding hydrogens is 224 g/mol. The standard InChI is InChI=1S/C15H24N2O/c1-13-5-2-7-15(11-13)18-10-4-9-17-8-3-6-14(16)12-17/h2,5,7,11,14H,3-4,6,8-10,12,16H2,1H3. The van der Waals surface area contributed by atoms with Crippen molar-refractivity contribution in [1.29, 1.82) is 0 Å². The van der Waals surface area contributed by atoms with Gasteiger partial charge < -0.3 is 15.4 Å². The Bertz CT molecular complexity index is 367. The fourth-order valence-corrected chi connectivity index (χ4v) is 2.48. The van der Waals surface area contributed by atoms with Crippen LogP contribution in [-0.4, -0.2) is 37.2 Å². The molecule has 1 unspecified atom stereocenters. The van der Waals surface area contributed by atoms with Crippen molar-refractivity contribution < 1.29 is 4.74 Å². The molecule has 0 aromatic heterocycles. The van der Waals surface area contributed by atoms with Gasteiger partial charge in [-0.3, -0.25) is 0 Å². The lowest BCUT2D eigenvalue weighted by Gasteiger charge is -2.30. The van der Waals surface area contributed by atoms with Gasteiger partial charge in [0, 0.05) is 19.1 Å². The maximum absolute atomic E-state index is 5.96. The molecule has 100 valence electrons. The van der Waals surface area contributed by atoms with E-state index in [-0.39, 0.29) is 0 Å². The number of ether oxygens (including phenoxy) is 1. The molecule has 0 saturated carbocycles.